The van der Waals surface area contributed by atoms with Gasteiger partial charge >= 0.3 is 6.03 Å². The van der Waals surface area contributed by atoms with Crippen molar-refractivity contribution in [3.05, 3.63) is 95.5 Å². The summed E-state index contributed by atoms with van der Waals surface area (Å²) < 4.78 is 37.9. The van der Waals surface area contributed by atoms with Crippen LogP contribution in [0.25, 0.3) is 0 Å². The topological polar surface area (TPSA) is 139 Å². The number of hydrogen-bond acceptors (Lipinski definition) is 9. The van der Waals surface area contributed by atoms with Crippen LogP contribution in [0, 0.1) is 6.92 Å². The normalized spacial score (nSPS) is 14.2. The number of hydrogen-bond donors (Lipinski definition) is 2. The molecule has 242 valence electrons. The van der Waals surface area contributed by atoms with Gasteiger partial charge in [0.1, 0.15) is 11.6 Å². The number of nitrogens with one attached hydrogen (secondary N) is 2. The third-order valence-corrected chi connectivity index (χ3v) is 9.14. The quantitative estimate of drug-likeness (QED) is 0.194. The SMILES string of the molecule is COCCNS(=O)(=O)c1ccc(Oc2ccc(CN3CCC(N(C(=O)Nc4ccc(Cl)cn4)c4ccc(C)nc4)CC3)cn2)cc1. The van der Waals surface area contributed by atoms with Gasteiger partial charge in [-0.3, -0.25) is 20.1 Å². The number of urea groups is 1. The first-order valence-electron chi connectivity index (χ1n) is 14.8. The van der Waals surface area contributed by atoms with Crippen LogP contribution < -0.4 is 19.7 Å². The van der Waals surface area contributed by atoms with Gasteiger partial charge in [0.05, 0.1) is 28.4 Å². The lowest BCUT2D eigenvalue weighted by atomic mass is 10.0. The van der Waals surface area contributed by atoms with Gasteiger partial charge < -0.3 is 9.47 Å². The first kappa shape index (κ1) is 33.2. The molecule has 0 atom stereocenters. The summed E-state index contributed by atoms with van der Waals surface area (Å²) in [7, 11) is -2.11. The third kappa shape index (κ3) is 8.98. The molecule has 5 rings (SSSR count). The van der Waals surface area contributed by atoms with Crippen LogP contribution in [0.2, 0.25) is 5.02 Å². The molecule has 3 aromatic heterocycles. The molecule has 4 aromatic rings. The number of halogens is 1. The second kappa shape index (κ2) is 15.4. The van der Waals surface area contributed by atoms with Gasteiger partial charge in [0, 0.05) is 63.5 Å². The third-order valence-electron chi connectivity index (χ3n) is 7.44. The standard InChI is InChI=1S/C32H36ClN7O5S/c1-23-3-6-27(21-34-23)40(32(41)38-30-11-5-25(33)20-35-30)26-13-16-39(17-14-26)22-24-4-12-31(36-19-24)45-28-7-9-29(10-8-28)46(42,43)37-15-18-44-2/h3-12,19-21,26,37H,13-18,22H2,1-2H3,(H,35,38,41). The van der Waals surface area contributed by atoms with E-state index in [1.807, 2.05) is 25.1 Å². The van der Waals surface area contributed by atoms with Crippen LogP contribution >= 0.6 is 11.6 Å². The maximum Gasteiger partial charge on any atom is 0.327 e. The van der Waals surface area contributed by atoms with E-state index in [1.165, 1.54) is 25.4 Å². The predicted octanol–water partition coefficient (Wildman–Crippen LogP) is 5.25. The number of aryl methyl sites for hydroxylation is 1. The fraction of sp³-hybridized carbons (Fsp3) is 0.312. The van der Waals surface area contributed by atoms with Crippen LogP contribution in [-0.2, 0) is 21.3 Å². The highest BCUT2D eigenvalue weighted by molar-refractivity contribution is 7.89. The number of piperidine rings is 1. The molecule has 0 radical (unpaired) electrons. The maximum atomic E-state index is 13.5. The van der Waals surface area contributed by atoms with Crippen LogP contribution in [0.4, 0.5) is 16.3 Å². The van der Waals surface area contributed by atoms with E-state index in [4.69, 9.17) is 21.1 Å². The number of methoxy groups -OCH3 is 1. The van der Waals surface area contributed by atoms with Gasteiger partial charge in [0.15, 0.2) is 0 Å². The van der Waals surface area contributed by atoms with Crippen molar-refractivity contribution in [1.82, 2.24) is 24.6 Å². The Hall–Kier alpha value is -4.14. The Kier molecular flexibility index (Phi) is 11.1. The Balaban J connectivity index is 1.16. The van der Waals surface area contributed by atoms with Crippen molar-refractivity contribution in [3.8, 4) is 11.6 Å². The number of carbonyl (C=O) groups is 1. The molecule has 2 amide bonds. The Bertz CT molecular complexity index is 1680. The van der Waals surface area contributed by atoms with E-state index in [-0.39, 0.29) is 30.1 Å². The molecule has 12 nitrogen and oxygen atoms in total. The summed E-state index contributed by atoms with van der Waals surface area (Å²) in [6, 6.07) is 16.8. The molecule has 1 saturated heterocycles. The van der Waals surface area contributed by atoms with Crippen LogP contribution in [0.3, 0.4) is 0 Å². The van der Waals surface area contributed by atoms with Crippen molar-refractivity contribution in [2.45, 2.75) is 37.2 Å². The number of ether oxygens (including phenoxy) is 2. The first-order valence-corrected chi connectivity index (χ1v) is 16.6. The number of nitrogens with zero attached hydrogens (tertiary/aromatic N) is 5. The molecule has 0 bridgehead atoms. The summed E-state index contributed by atoms with van der Waals surface area (Å²) in [5.41, 5.74) is 2.63. The molecule has 0 unspecified atom stereocenters. The molecule has 4 heterocycles. The molecule has 1 aliphatic heterocycles. The minimum atomic E-state index is -3.62. The average Bonchev–Trinajstić information content (AvgIpc) is 3.05. The van der Waals surface area contributed by atoms with E-state index in [2.05, 4.69) is 29.9 Å². The Labute approximate surface area is 273 Å². The van der Waals surface area contributed by atoms with Gasteiger partial charge in [-0.2, -0.15) is 0 Å². The highest BCUT2D eigenvalue weighted by Crippen LogP contribution is 2.26. The van der Waals surface area contributed by atoms with Crippen molar-refractivity contribution in [2.24, 2.45) is 0 Å². The molecule has 0 aliphatic carbocycles. The summed E-state index contributed by atoms with van der Waals surface area (Å²) in [4.78, 5) is 30.8. The Morgan fingerprint density at radius 1 is 0.978 bits per heavy atom. The van der Waals surface area contributed by atoms with Gasteiger partial charge in [-0.05, 0) is 73.9 Å². The van der Waals surface area contributed by atoms with E-state index < -0.39 is 10.0 Å². The van der Waals surface area contributed by atoms with Crippen LogP contribution in [0.15, 0.2) is 84.1 Å². The number of amides is 2. The van der Waals surface area contributed by atoms with Crippen molar-refractivity contribution < 1.29 is 22.7 Å². The largest absolute Gasteiger partial charge is 0.439 e. The Morgan fingerprint density at radius 3 is 2.39 bits per heavy atom. The van der Waals surface area contributed by atoms with Crippen molar-refractivity contribution in [2.75, 3.05) is 43.6 Å². The van der Waals surface area contributed by atoms with Gasteiger partial charge in [-0.15, -0.1) is 0 Å². The second-order valence-corrected chi connectivity index (χ2v) is 13.0. The smallest absolute Gasteiger partial charge is 0.327 e. The summed E-state index contributed by atoms with van der Waals surface area (Å²) in [5, 5.41) is 3.39. The molecule has 1 aromatic carbocycles. The highest BCUT2D eigenvalue weighted by Gasteiger charge is 2.30. The van der Waals surface area contributed by atoms with E-state index in [0.29, 0.717) is 29.0 Å². The molecule has 0 saturated carbocycles. The zero-order chi connectivity index (χ0) is 32.5. The van der Waals surface area contributed by atoms with Crippen LogP contribution in [0.5, 0.6) is 11.6 Å². The molecular formula is C32H36ClN7O5S. The van der Waals surface area contributed by atoms with E-state index in [1.54, 1.807) is 47.6 Å². The number of sulfonamides is 1. The molecule has 1 aliphatic rings. The maximum absolute atomic E-state index is 13.5. The van der Waals surface area contributed by atoms with Gasteiger partial charge in [-0.25, -0.2) is 27.9 Å². The lowest BCUT2D eigenvalue weighted by Crippen LogP contribution is -2.49. The van der Waals surface area contributed by atoms with Crippen molar-refractivity contribution in [1.29, 1.82) is 0 Å². The molecule has 0 spiro atoms. The molecule has 14 heteroatoms. The number of anilines is 2. The minimum absolute atomic E-state index is 0.0236. The summed E-state index contributed by atoms with van der Waals surface area (Å²) in [5.74, 6) is 1.30. The zero-order valence-corrected chi connectivity index (χ0v) is 27.2. The number of pyridine rings is 3. The summed E-state index contributed by atoms with van der Waals surface area (Å²) >= 11 is 5.96. The van der Waals surface area contributed by atoms with Gasteiger partial charge in [0.2, 0.25) is 15.9 Å². The number of rotatable bonds is 12. The monoisotopic (exact) mass is 665 g/mol. The summed E-state index contributed by atoms with van der Waals surface area (Å²) in [6.45, 7) is 4.67. The number of aromatic nitrogens is 3. The number of likely N-dealkylation sites (tertiary alicyclic amines) is 1. The van der Waals surface area contributed by atoms with Crippen molar-refractivity contribution >= 4 is 39.2 Å². The highest BCUT2D eigenvalue weighted by atomic mass is 35.5. The van der Waals surface area contributed by atoms with Crippen molar-refractivity contribution in [3.63, 3.8) is 0 Å². The number of benzene rings is 1. The first-order chi connectivity index (χ1) is 22.2. The van der Waals surface area contributed by atoms with E-state index in [9.17, 15) is 13.2 Å². The molecular weight excluding hydrogens is 630 g/mol. The second-order valence-electron chi connectivity index (χ2n) is 10.8. The Morgan fingerprint density at radius 2 is 1.76 bits per heavy atom. The van der Waals surface area contributed by atoms with Crippen LogP contribution in [0.1, 0.15) is 24.1 Å². The van der Waals surface area contributed by atoms with Gasteiger partial charge in [0.25, 0.3) is 0 Å². The molecule has 1 fully saturated rings. The van der Waals surface area contributed by atoms with E-state index >= 15 is 0 Å². The molecule has 46 heavy (non-hydrogen) atoms. The molecule has 2 N–H and O–H groups in total. The van der Waals surface area contributed by atoms with Crippen LogP contribution in [-0.4, -0.2) is 73.7 Å². The lowest BCUT2D eigenvalue weighted by molar-refractivity contribution is 0.199. The summed E-state index contributed by atoms with van der Waals surface area (Å²) in [6.07, 6.45) is 6.55. The zero-order valence-electron chi connectivity index (χ0n) is 25.6. The average molecular weight is 666 g/mol. The fourth-order valence-corrected chi connectivity index (χ4v) is 6.17. The fourth-order valence-electron chi connectivity index (χ4n) is 5.04. The predicted molar refractivity (Wildman–Crippen MR) is 176 cm³/mol. The minimum Gasteiger partial charge on any atom is -0.439 e. The lowest BCUT2D eigenvalue weighted by Gasteiger charge is -2.38. The number of carbonyl (C=O) groups excluding carboxylic acids is 1. The van der Waals surface area contributed by atoms with Gasteiger partial charge in [-0.1, -0.05) is 17.7 Å². The van der Waals surface area contributed by atoms with E-state index in [0.717, 1.165) is 42.9 Å².